The first kappa shape index (κ1) is 16.7. The minimum absolute atomic E-state index is 0.596. The number of aryl methyl sites for hydroxylation is 3. The van der Waals surface area contributed by atoms with E-state index in [0.29, 0.717) is 6.61 Å². The maximum absolute atomic E-state index is 6.41. The summed E-state index contributed by atoms with van der Waals surface area (Å²) in [4.78, 5) is 0. The van der Waals surface area contributed by atoms with Gasteiger partial charge in [0, 0.05) is 5.39 Å². The molecule has 0 unspecified atom stereocenters. The summed E-state index contributed by atoms with van der Waals surface area (Å²) >= 11 is 0. The summed E-state index contributed by atoms with van der Waals surface area (Å²) in [5, 5.41) is 5.20. The standard InChI is InChI=1S/C25H24O/c1-4-20-14-15-23-17(2)21-12-8-9-13-22(21)18(3)24(23)25(20)26-16-19-10-6-5-7-11-19/h5-15H,4,16H2,1-3H3. The average Bonchev–Trinajstić information content (AvgIpc) is 2.70. The molecule has 0 heterocycles. The molecule has 0 spiro atoms. The lowest BCUT2D eigenvalue weighted by Crippen LogP contribution is -2.01. The molecule has 0 aromatic heterocycles. The summed E-state index contributed by atoms with van der Waals surface area (Å²) in [6.45, 7) is 7.23. The smallest absolute Gasteiger partial charge is 0.131 e. The summed E-state index contributed by atoms with van der Waals surface area (Å²) in [7, 11) is 0. The van der Waals surface area contributed by atoms with Crippen molar-refractivity contribution in [3.8, 4) is 5.75 Å². The fraction of sp³-hybridized carbons (Fsp3) is 0.200. The van der Waals surface area contributed by atoms with Gasteiger partial charge in [0.2, 0.25) is 0 Å². The summed E-state index contributed by atoms with van der Waals surface area (Å²) < 4.78 is 6.41. The normalized spacial score (nSPS) is 11.2. The van der Waals surface area contributed by atoms with Gasteiger partial charge in [-0.1, -0.05) is 73.7 Å². The first-order valence-corrected chi connectivity index (χ1v) is 9.31. The monoisotopic (exact) mass is 340 g/mol. The molecule has 0 saturated heterocycles. The predicted molar refractivity (Wildman–Crippen MR) is 111 cm³/mol. The van der Waals surface area contributed by atoms with Gasteiger partial charge in [0.05, 0.1) is 0 Å². The van der Waals surface area contributed by atoms with Crippen molar-refractivity contribution in [1.29, 1.82) is 0 Å². The maximum atomic E-state index is 6.41. The van der Waals surface area contributed by atoms with E-state index in [1.807, 2.05) is 6.07 Å². The van der Waals surface area contributed by atoms with E-state index in [4.69, 9.17) is 4.74 Å². The zero-order valence-corrected chi connectivity index (χ0v) is 15.7. The Bertz CT molecular complexity index is 1080. The third kappa shape index (κ3) is 2.74. The van der Waals surface area contributed by atoms with Crippen LogP contribution in [0.1, 0.15) is 29.2 Å². The molecule has 1 heteroatoms. The average molecular weight is 340 g/mol. The lowest BCUT2D eigenvalue weighted by Gasteiger charge is -2.19. The third-order valence-corrected chi connectivity index (χ3v) is 5.36. The van der Waals surface area contributed by atoms with E-state index in [1.165, 1.54) is 43.8 Å². The van der Waals surface area contributed by atoms with Crippen LogP contribution >= 0.6 is 0 Å². The molecule has 0 amide bonds. The number of hydrogen-bond acceptors (Lipinski definition) is 1. The first-order valence-electron chi connectivity index (χ1n) is 9.31. The Balaban J connectivity index is 1.94. The van der Waals surface area contributed by atoms with Gasteiger partial charge in [-0.05, 0) is 58.7 Å². The van der Waals surface area contributed by atoms with E-state index in [0.717, 1.165) is 12.2 Å². The van der Waals surface area contributed by atoms with Gasteiger partial charge >= 0.3 is 0 Å². The van der Waals surface area contributed by atoms with Gasteiger partial charge in [-0.3, -0.25) is 0 Å². The molecular formula is C25H24O. The molecule has 0 N–H and O–H groups in total. The van der Waals surface area contributed by atoms with Gasteiger partial charge in [0.1, 0.15) is 12.4 Å². The Hall–Kier alpha value is -2.80. The van der Waals surface area contributed by atoms with Crippen molar-refractivity contribution in [1.82, 2.24) is 0 Å². The molecule has 0 bridgehead atoms. The van der Waals surface area contributed by atoms with Crippen LogP contribution in [0.3, 0.4) is 0 Å². The molecule has 1 nitrogen and oxygen atoms in total. The van der Waals surface area contributed by atoms with E-state index >= 15 is 0 Å². The van der Waals surface area contributed by atoms with Crippen molar-refractivity contribution in [3.63, 3.8) is 0 Å². The van der Waals surface area contributed by atoms with Gasteiger partial charge < -0.3 is 4.74 Å². The van der Waals surface area contributed by atoms with Crippen molar-refractivity contribution in [2.24, 2.45) is 0 Å². The lowest BCUT2D eigenvalue weighted by atomic mass is 9.91. The molecule has 0 atom stereocenters. The number of hydrogen-bond donors (Lipinski definition) is 0. The highest BCUT2D eigenvalue weighted by atomic mass is 16.5. The van der Waals surface area contributed by atoms with E-state index in [9.17, 15) is 0 Å². The summed E-state index contributed by atoms with van der Waals surface area (Å²) in [6, 6.07) is 23.6. The molecule has 4 aromatic rings. The molecule has 4 rings (SSSR count). The van der Waals surface area contributed by atoms with Crippen LogP contribution in [0.4, 0.5) is 0 Å². The van der Waals surface area contributed by atoms with Crippen molar-refractivity contribution in [2.45, 2.75) is 33.8 Å². The van der Waals surface area contributed by atoms with Crippen molar-refractivity contribution >= 4 is 21.5 Å². The summed E-state index contributed by atoms with van der Waals surface area (Å²) in [5.41, 5.74) is 5.10. The minimum atomic E-state index is 0.596. The molecular weight excluding hydrogens is 316 g/mol. The molecule has 0 aliphatic carbocycles. The number of ether oxygens (including phenoxy) is 1. The van der Waals surface area contributed by atoms with E-state index in [1.54, 1.807) is 0 Å². The van der Waals surface area contributed by atoms with Gasteiger partial charge in [-0.2, -0.15) is 0 Å². The number of fused-ring (bicyclic) bond motifs is 2. The Morgan fingerprint density at radius 1 is 0.692 bits per heavy atom. The van der Waals surface area contributed by atoms with Crippen LogP contribution < -0.4 is 4.74 Å². The van der Waals surface area contributed by atoms with Crippen LogP contribution in [0, 0.1) is 13.8 Å². The second-order valence-electron chi connectivity index (χ2n) is 6.90. The quantitative estimate of drug-likeness (QED) is 0.373. The molecule has 0 saturated carbocycles. The number of rotatable bonds is 4. The minimum Gasteiger partial charge on any atom is -0.488 e. The van der Waals surface area contributed by atoms with Gasteiger partial charge in [0.15, 0.2) is 0 Å². The predicted octanol–water partition coefficient (Wildman–Crippen LogP) is 6.75. The van der Waals surface area contributed by atoms with Crippen LogP contribution in [0.2, 0.25) is 0 Å². The molecule has 0 aliphatic heterocycles. The zero-order chi connectivity index (χ0) is 18.1. The second-order valence-corrected chi connectivity index (χ2v) is 6.90. The van der Waals surface area contributed by atoms with Gasteiger partial charge in [0.25, 0.3) is 0 Å². The molecule has 0 fully saturated rings. The highest BCUT2D eigenvalue weighted by Gasteiger charge is 2.15. The van der Waals surface area contributed by atoms with Crippen LogP contribution in [0.25, 0.3) is 21.5 Å². The van der Waals surface area contributed by atoms with Crippen LogP contribution in [-0.2, 0) is 13.0 Å². The topological polar surface area (TPSA) is 9.23 Å². The van der Waals surface area contributed by atoms with E-state index < -0.39 is 0 Å². The number of benzene rings is 4. The maximum Gasteiger partial charge on any atom is 0.131 e. The Kier molecular flexibility index (Phi) is 4.38. The fourth-order valence-electron chi connectivity index (χ4n) is 3.90. The second kappa shape index (κ2) is 6.84. The van der Waals surface area contributed by atoms with Crippen LogP contribution in [0.5, 0.6) is 5.75 Å². The van der Waals surface area contributed by atoms with Gasteiger partial charge in [-0.25, -0.2) is 0 Å². The summed E-state index contributed by atoms with van der Waals surface area (Å²) in [5.74, 6) is 1.04. The van der Waals surface area contributed by atoms with Crippen molar-refractivity contribution in [2.75, 3.05) is 0 Å². The first-order chi connectivity index (χ1) is 12.7. The van der Waals surface area contributed by atoms with Gasteiger partial charge in [-0.15, -0.1) is 0 Å². The zero-order valence-electron chi connectivity index (χ0n) is 15.7. The molecule has 0 aliphatic rings. The Labute approximate surface area is 155 Å². The Morgan fingerprint density at radius 3 is 2.04 bits per heavy atom. The lowest BCUT2D eigenvalue weighted by molar-refractivity contribution is 0.307. The fourth-order valence-corrected chi connectivity index (χ4v) is 3.90. The SMILES string of the molecule is CCc1ccc2c(C)c3ccccc3c(C)c2c1OCc1ccccc1. The Morgan fingerprint density at radius 2 is 1.35 bits per heavy atom. The molecule has 4 aromatic carbocycles. The van der Waals surface area contributed by atoms with Crippen LogP contribution in [0.15, 0.2) is 66.7 Å². The van der Waals surface area contributed by atoms with E-state index in [2.05, 4.69) is 81.4 Å². The summed E-state index contributed by atoms with van der Waals surface area (Å²) in [6.07, 6.45) is 0.964. The highest BCUT2D eigenvalue weighted by molar-refractivity contribution is 6.08. The van der Waals surface area contributed by atoms with E-state index in [-0.39, 0.29) is 0 Å². The largest absolute Gasteiger partial charge is 0.488 e. The van der Waals surface area contributed by atoms with Crippen LogP contribution in [-0.4, -0.2) is 0 Å². The molecule has 26 heavy (non-hydrogen) atoms. The third-order valence-electron chi connectivity index (χ3n) is 5.36. The van der Waals surface area contributed by atoms with Crippen molar-refractivity contribution in [3.05, 3.63) is 89.0 Å². The highest BCUT2D eigenvalue weighted by Crippen LogP contribution is 2.39. The molecule has 130 valence electrons. The molecule has 0 radical (unpaired) electrons. The van der Waals surface area contributed by atoms with Crippen molar-refractivity contribution < 1.29 is 4.74 Å².